The van der Waals surface area contributed by atoms with Gasteiger partial charge in [-0.2, -0.15) is 0 Å². The van der Waals surface area contributed by atoms with Crippen molar-refractivity contribution in [2.75, 3.05) is 5.75 Å². The topological polar surface area (TPSA) is 12.0 Å². The first-order chi connectivity index (χ1) is 6.75. The fourth-order valence-electron chi connectivity index (χ4n) is 2.64. The van der Waals surface area contributed by atoms with E-state index in [1.165, 1.54) is 37.9 Å². The van der Waals surface area contributed by atoms with E-state index in [4.69, 9.17) is 0 Å². The van der Waals surface area contributed by atoms with E-state index >= 15 is 0 Å². The zero-order chi connectivity index (χ0) is 9.97. The van der Waals surface area contributed by atoms with Crippen LogP contribution in [-0.4, -0.2) is 17.2 Å². The third kappa shape index (κ3) is 2.66. The Morgan fingerprint density at radius 3 is 2.36 bits per heavy atom. The van der Waals surface area contributed by atoms with Crippen molar-refractivity contribution in [3.8, 4) is 0 Å². The van der Waals surface area contributed by atoms with Crippen LogP contribution in [0.25, 0.3) is 0 Å². The summed E-state index contributed by atoms with van der Waals surface area (Å²) in [5.74, 6) is 3.31. The summed E-state index contributed by atoms with van der Waals surface area (Å²) < 4.78 is 0. The van der Waals surface area contributed by atoms with Gasteiger partial charge in [-0.05, 0) is 43.8 Å². The standard InChI is InChI=1S/C12H23NS/c1-9-3-5-11(6-4-9)12-13-10(2)7-8-14-12/h9-13H,3-8H2,1-2H3. The summed E-state index contributed by atoms with van der Waals surface area (Å²) in [6.45, 7) is 4.73. The van der Waals surface area contributed by atoms with Gasteiger partial charge in [0.05, 0.1) is 5.37 Å². The highest BCUT2D eigenvalue weighted by Crippen LogP contribution is 2.36. The molecule has 0 radical (unpaired) electrons. The molecule has 2 aliphatic rings. The monoisotopic (exact) mass is 213 g/mol. The minimum absolute atomic E-state index is 0.751. The maximum Gasteiger partial charge on any atom is 0.0562 e. The van der Waals surface area contributed by atoms with Gasteiger partial charge in [0.25, 0.3) is 0 Å². The van der Waals surface area contributed by atoms with Gasteiger partial charge in [0.15, 0.2) is 0 Å². The summed E-state index contributed by atoms with van der Waals surface area (Å²) in [6, 6.07) is 0.751. The second-order valence-electron chi connectivity index (χ2n) is 5.17. The van der Waals surface area contributed by atoms with Crippen LogP contribution in [0.3, 0.4) is 0 Å². The lowest BCUT2D eigenvalue weighted by molar-refractivity contribution is 0.258. The Labute approximate surface area is 92.4 Å². The molecule has 0 amide bonds. The molecule has 0 spiro atoms. The van der Waals surface area contributed by atoms with E-state index in [2.05, 4.69) is 30.9 Å². The van der Waals surface area contributed by atoms with Gasteiger partial charge in [0, 0.05) is 6.04 Å². The molecule has 0 aromatic rings. The van der Waals surface area contributed by atoms with E-state index in [9.17, 15) is 0 Å². The summed E-state index contributed by atoms with van der Waals surface area (Å²) in [4.78, 5) is 0. The van der Waals surface area contributed by atoms with Gasteiger partial charge in [-0.15, -0.1) is 11.8 Å². The van der Waals surface area contributed by atoms with Crippen LogP contribution in [0.4, 0.5) is 0 Å². The molecular formula is C12H23NS. The van der Waals surface area contributed by atoms with Crippen molar-refractivity contribution in [2.24, 2.45) is 11.8 Å². The molecule has 2 unspecified atom stereocenters. The van der Waals surface area contributed by atoms with Crippen LogP contribution in [0.2, 0.25) is 0 Å². The first-order valence-electron chi connectivity index (χ1n) is 6.13. The molecule has 0 aromatic heterocycles. The maximum atomic E-state index is 3.76. The molecule has 2 fully saturated rings. The van der Waals surface area contributed by atoms with Gasteiger partial charge in [-0.25, -0.2) is 0 Å². The number of hydrogen-bond acceptors (Lipinski definition) is 2. The average molecular weight is 213 g/mol. The Bertz CT molecular complexity index is 175. The first-order valence-corrected chi connectivity index (χ1v) is 7.18. The van der Waals surface area contributed by atoms with Gasteiger partial charge in [-0.1, -0.05) is 19.8 Å². The molecule has 2 atom stereocenters. The van der Waals surface area contributed by atoms with Gasteiger partial charge in [-0.3, -0.25) is 0 Å². The third-order valence-corrected chi connectivity index (χ3v) is 5.14. The smallest absolute Gasteiger partial charge is 0.0562 e. The van der Waals surface area contributed by atoms with Crippen molar-refractivity contribution in [2.45, 2.75) is 57.4 Å². The first kappa shape index (κ1) is 10.8. The van der Waals surface area contributed by atoms with E-state index in [0.717, 1.165) is 23.3 Å². The van der Waals surface area contributed by atoms with Crippen LogP contribution in [0.15, 0.2) is 0 Å². The van der Waals surface area contributed by atoms with E-state index < -0.39 is 0 Å². The summed E-state index contributed by atoms with van der Waals surface area (Å²) in [5.41, 5.74) is 0. The molecule has 1 heterocycles. The SMILES string of the molecule is CC1CCC(C2NC(C)CCS2)CC1. The highest BCUT2D eigenvalue weighted by molar-refractivity contribution is 7.99. The van der Waals surface area contributed by atoms with Crippen LogP contribution >= 0.6 is 11.8 Å². The van der Waals surface area contributed by atoms with E-state index in [1.54, 1.807) is 0 Å². The van der Waals surface area contributed by atoms with Crippen molar-refractivity contribution >= 4 is 11.8 Å². The summed E-state index contributed by atoms with van der Waals surface area (Å²) in [6.07, 6.45) is 7.18. The van der Waals surface area contributed by atoms with Crippen molar-refractivity contribution in [1.29, 1.82) is 0 Å². The number of hydrogen-bond donors (Lipinski definition) is 1. The minimum atomic E-state index is 0.751. The number of rotatable bonds is 1. The minimum Gasteiger partial charge on any atom is -0.303 e. The summed E-state index contributed by atoms with van der Waals surface area (Å²) in [5, 5.41) is 4.53. The predicted octanol–water partition coefficient (Wildman–Crippen LogP) is 3.25. The molecule has 2 rings (SSSR count). The average Bonchev–Trinajstić information content (AvgIpc) is 2.19. The van der Waals surface area contributed by atoms with E-state index in [0.29, 0.717) is 0 Å². The predicted molar refractivity (Wildman–Crippen MR) is 64.6 cm³/mol. The Morgan fingerprint density at radius 1 is 1.00 bits per heavy atom. The van der Waals surface area contributed by atoms with E-state index in [-0.39, 0.29) is 0 Å². The molecule has 1 N–H and O–H groups in total. The second kappa shape index (κ2) is 4.89. The molecule has 1 saturated heterocycles. The third-order valence-electron chi connectivity index (χ3n) is 3.79. The zero-order valence-electron chi connectivity index (χ0n) is 9.46. The van der Waals surface area contributed by atoms with Gasteiger partial charge in [0.1, 0.15) is 0 Å². The molecule has 0 bridgehead atoms. The molecule has 1 aliphatic heterocycles. The molecule has 1 nitrogen and oxygen atoms in total. The van der Waals surface area contributed by atoms with Gasteiger partial charge < -0.3 is 5.32 Å². The molecular weight excluding hydrogens is 190 g/mol. The normalized spacial score (nSPS) is 45.0. The molecule has 82 valence electrons. The van der Waals surface area contributed by atoms with E-state index in [1.807, 2.05) is 0 Å². The molecule has 1 saturated carbocycles. The van der Waals surface area contributed by atoms with Crippen molar-refractivity contribution in [1.82, 2.24) is 5.32 Å². The van der Waals surface area contributed by atoms with Crippen LogP contribution in [0.5, 0.6) is 0 Å². The Morgan fingerprint density at radius 2 is 1.71 bits per heavy atom. The van der Waals surface area contributed by atoms with Gasteiger partial charge in [0.2, 0.25) is 0 Å². The Kier molecular flexibility index (Phi) is 3.78. The molecule has 14 heavy (non-hydrogen) atoms. The molecule has 0 aromatic carbocycles. The fourth-order valence-corrected chi connectivity index (χ4v) is 4.26. The molecule has 2 heteroatoms. The summed E-state index contributed by atoms with van der Waals surface area (Å²) >= 11 is 2.16. The molecule has 1 aliphatic carbocycles. The Balaban J connectivity index is 1.82. The van der Waals surface area contributed by atoms with Crippen molar-refractivity contribution in [3.63, 3.8) is 0 Å². The van der Waals surface area contributed by atoms with Crippen LogP contribution in [-0.2, 0) is 0 Å². The second-order valence-corrected chi connectivity index (χ2v) is 6.42. The number of nitrogens with one attached hydrogen (secondary N) is 1. The van der Waals surface area contributed by atoms with Gasteiger partial charge >= 0.3 is 0 Å². The quantitative estimate of drug-likeness (QED) is 0.717. The summed E-state index contributed by atoms with van der Waals surface area (Å²) in [7, 11) is 0. The lowest BCUT2D eigenvalue weighted by Gasteiger charge is -2.37. The fraction of sp³-hybridized carbons (Fsp3) is 1.00. The zero-order valence-corrected chi connectivity index (χ0v) is 10.3. The van der Waals surface area contributed by atoms with Crippen LogP contribution < -0.4 is 5.32 Å². The van der Waals surface area contributed by atoms with Crippen molar-refractivity contribution in [3.05, 3.63) is 0 Å². The maximum absolute atomic E-state index is 3.76. The van der Waals surface area contributed by atoms with Crippen molar-refractivity contribution < 1.29 is 0 Å². The van der Waals surface area contributed by atoms with Crippen LogP contribution in [0, 0.1) is 11.8 Å². The van der Waals surface area contributed by atoms with Crippen LogP contribution in [0.1, 0.15) is 46.0 Å². The largest absolute Gasteiger partial charge is 0.303 e. The number of thioether (sulfide) groups is 1. The highest BCUT2D eigenvalue weighted by Gasteiger charge is 2.29. The lowest BCUT2D eigenvalue weighted by atomic mass is 9.82. The Hall–Kier alpha value is 0.310. The lowest BCUT2D eigenvalue weighted by Crippen LogP contribution is -2.44. The highest BCUT2D eigenvalue weighted by atomic mass is 32.2.